The van der Waals surface area contributed by atoms with E-state index in [4.69, 9.17) is 4.74 Å². The van der Waals surface area contributed by atoms with Gasteiger partial charge in [-0.05, 0) is 65.7 Å². The number of amides is 1. The zero-order chi connectivity index (χ0) is 21.6. The number of rotatable bonds is 5. The van der Waals surface area contributed by atoms with Crippen LogP contribution in [0, 0.1) is 6.92 Å². The summed E-state index contributed by atoms with van der Waals surface area (Å²) in [6.45, 7) is 1.92. The maximum atomic E-state index is 12.5. The average Bonchev–Trinajstić information content (AvgIpc) is 2.79. The van der Waals surface area contributed by atoms with Gasteiger partial charge in [-0.1, -0.05) is 54.1 Å². The van der Waals surface area contributed by atoms with Crippen molar-refractivity contribution in [1.82, 2.24) is 5.43 Å². The highest BCUT2D eigenvalue weighted by Crippen LogP contribution is 2.18. The molecule has 0 fully saturated rings. The molecule has 0 aliphatic carbocycles. The number of nitrogens with one attached hydrogen (secondary N) is 1. The lowest BCUT2D eigenvalue weighted by atomic mass is 10.0. The first-order valence-electron chi connectivity index (χ1n) is 9.80. The molecule has 152 valence electrons. The lowest BCUT2D eigenvalue weighted by Crippen LogP contribution is -2.17. The molecule has 1 N–H and O–H groups in total. The molecular weight excluding hydrogens is 388 g/mol. The Bertz CT molecular complexity index is 1270. The molecule has 0 aliphatic heterocycles. The van der Waals surface area contributed by atoms with Crippen molar-refractivity contribution in [1.29, 1.82) is 0 Å². The number of aryl methyl sites for hydroxylation is 1. The van der Waals surface area contributed by atoms with Gasteiger partial charge in [0, 0.05) is 5.56 Å². The summed E-state index contributed by atoms with van der Waals surface area (Å²) in [5, 5.41) is 5.91. The van der Waals surface area contributed by atoms with Crippen LogP contribution < -0.4 is 10.2 Å². The smallest absolute Gasteiger partial charge is 0.343 e. The summed E-state index contributed by atoms with van der Waals surface area (Å²) in [7, 11) is 0. The third-order valence-electron chi connectivity index (χ3n) is 4.76. The van der Waals surface area contributed by atoms with Crippen molar-refractivity contribution in [3.63, 3.8) is 0 Å². The normalized spacial score (nSPS) is 10.9. The van der Waals surface area contributed by atoms with Crippen LogP contribution in [0.3, 0.4) is 0 Å². The standard InChI is InChI=1S/C26H20N2O3/c1-18-6-4-9-21(16-18)26(30)31-22-14-12-19(13-15-22)17-27-28-25(29)24-11-5-8-20-7-2-3-10-23(20)24/h2-17H,1H3,(H,28,29). The quantitative estimate of drug-likeness (QED) is 0.215. The molecule has 0 bridgehead atoms. The van der Waals surface area contributed by atoms with Gasteiger partial charge in [-0.2, -0.15) is 5.10 Å². The van der Waals surface area contributed by atoms with E-state index in [1.165, 1.54) is 6.21 Å². The fourth-order valence-corrected chi connectivity index (χ4v) is 3.21. The van der Waals surface area contributed by atoms with Crippen LogP contribution in [0.15, 0.2) is 96.1 Å². The van der Waals surface area contributed by atoms with Gasteiger partial charge < -0.3 is 4.74 Å². The number of carbonyl (C=O) groups is 2. The molecule has 4 aromatic rings. The Hall–Kier alpha value is -4.25. The first-order chi connectivity index (χ1) is 15.1. The van der Waals surface area contributed by atoms with Gasteiger partial charge in [0.1, 0.15) is 5.75 Å². The van der Waals surface area contributed by atoms with Crippen LogP contribution in [-0.4, -0.2) is 18.1 Å². The molecule has 4 rings (SSSR count). The Balaban J connectivity index is 1.38. The van der Waals surface area contributed by atoms with Crippen LogP contribution in [-0.2, 0) is 0 Å². The van der Waals surface area contributed by atoms with Crippen LogP contribution in [0.5, 0.6) is 5.75 Å². The maximum absolute atomic E-state index is 12.5. The monoisotopic (exact) mass is 408 g/mol. The molecule has 5 nitrogen and oxygen atoms in total. The Morgan fingerprint density at radius 1 is 0.871 bits per heavy atom. The molecule has 0 aromatic heterocycles. The number of hydrogen-bond acceptors (Lipinski definition) is 4. The predicted octanol–water partition coefficient (Wildman–Crippen LogP) is 5.13. The van der Waals surface area contributed by atoms with Gasteiger partial charge >= 0.3 is 5.97 Å². The molecule has 0 atom stereocenters. The van der Waals surface area contributed by atoms with E-state index >= 15 is 0 Å². The Morgan fingerprint density at radius 2 is 1.61 bits per heavy atom. The number of ether oxygens (including phenoxy) is 1. The summed E-state index contributed by atoms with van der Waals surface area (Å²) < 4.78 is 5.40. The second-order valence-corrected chi connectivity index (χ2v) is 7.05. The molecule has 31 heavy (non-hydrogen) atoms. The first kappa shape index (κ1) is 20.0. The molecule has 0 heterocycles. The Morgan fingerprint density at radius 3 is 2.42 bits per heavy atom. The highest BCUT2D eigenvalue weighted by molar-refractivity contribution is 6.07. The van der Waals surface area contributed by atoms with Crippen LogP contribution >= 0.6 is 0 Å². The summed E-state index contributed by atoms with van der Waals surface area (Å²) in [5.74, 6) is -0.257. The van der Waals surface area contributed by atoms with E-state index in [2.05, 4.69) is 10.5 Å². The summed E-state index contributed by atoms with van der Waals surface area (Å²) >= 11 is 0. The zero-order valence-electron chi connectivity index (χ0n) is 16.9. The van der Waals surface area contributed by atoms with Crippen molar-refractivity contribution in [3.8, 4) is 5.75 Å². The van der Waals surface area contributed by atoms with Gasteiger partial charge in [0.05, 0.1) is 11.8 Å². The topological polar surface area (TPSA) is 67.8 Å². The minimum Gasteiger partial charge on any atom is -0.423 e. The van der Waals surface area contributed by atoms with Crippen LogP contribution in [0.2, 0.25) is 0 Å². The van der Waals surface area contributed by atoms with Crippen molar-refractivity contribution < 1.29 is 14.3 Å². The fourth-order valence-electron chi connectivity index (χ4n) is 3.21. The van der Waals surface area contributed by atoms with Crippen LogP contribution in [0.25, 0.3) is 10.8 Å². The van der Waals surface area contributed by atoms with Crippen molar-refractivity contribution in [2.24, 2.45) is 5.10 Å². The van der Waals surface area contributed by atoms with Gasteiger partial charge in [0.15, 0.2) is 0 Å². The minimum absolute atomic E-state index is 0.281. The highest BCUT2D eigenvalue weighted by atomic mass is 16.5. The molecule has 0 spiro atoms. The lowest BCUT2D eigenvalue weighted by molar-refractivity contribution is 0.0734. The van der Waals surface area contributed by atoms with Crippen molar-refractivity contribution in [2.45, 2.75) is 6.92 Å². The van der Waals surface area contributed by atoms with E-state index < -0.39 is 5.97 Å². The summed E-state index contributed by atoms with van der Waals surface area (Å²) in [6, 6.07) is 27.4. The van der Waals surface area contributed by atoms with E-state index in [1.54, 1.807) is 42.5 Å². The molecule has 4 aromatic carbocycles. The summed E-state index contributed by atoms with van der Waals surface area (Å²) in [4.78, 5) is 24.7. The zero-order valence-corrected chi connectivity index (χ0v) is 16.9. The molecule has 0 saturated heterocycles. The number of carbonyl (C=O) groups excluding carboxylic acids is 2. The van der Waals surface area contributed by atoms with E-state index in [0.29, 0.717) is 16.9 Å². The minimum atomic E-state index is -0.410. The number of hydrogen-bond donors (Lipinski definition) is 1. The second kappa shape index (κ2) is 9.05. The molecule has 0 radical (unpaired) electrons. The van der Waals surface area contributed by atoms with Crippen molar-refractivity contribution in [2.75, 3.05) is 0 Å². The van der Waals surface area contributed by atoms with Gasteiger partial charge in [-0.15, -0.1) is 0 Å². The summed E-state index contributed by atoms with van der Waals surface area (Å²) in [5.41, 5.74) is 5.37. The Labute approximate surface area is 180 Å². The number of nitrogens with zero attached hydrogens (tertiary/aromatic N) is 1. The number of esters is 1. The Kier molecular flexibility index (Phi) is 5.85. The van der Waals surface area contributed by atoms with Crippen molar-refractivity contribution in [3.05, 3.63) is 113 Å². The van der Waals surface area contributed by atoms with E-state index in [1.807, 2.05) is 55.5 Å². The molecule has 0 aliphatic rings. The largest absolute Gasteiger partial charge is 0.423 e. The number of hydrazone groups is 1. The van der Waals surface area contributed by atoms with Crippen LogP contribution in [0.1, 0.15) is 31.8 Å². The molecule has 5 heteroatoms. The maximum Gasteiger partial charge on any atom is 0.343 e. The molecule has 0 unspecified atom stereocenters. The fraction of sp³-hybridized carbons (Fsp3) is 0.0385. The average molecular weight is 408 g/mol. The number of fused-ring (bicyclic) bond motifs is 1. The van der Waals surface area contributed by atoms with E-state index in [9.17, 15) is 9.59 Å². The third-order valence-corrected chi connectivity index (χ3v) is 4.76. The SMILES string of the molecule is Cc1cccc(C(=O)Oc2ccc(C=NNC(=O)c3cccc4ccccc34)cc2)c1. The second-order valence-electron chi connectivity index (χ2n) is 7.05. The molecule has 0 saturated carbocycles. The van der Waals surface area contributed by atoms with Gasteiger partial charge in [-0.25, -0.2) is 10.2 Å². The predicted molar refractivity (Wildman–Crippen MR) is 122 cm³/mol. The third kappa shape index (κ3) is 4.85. The lowest BCUT2D eigenvalue weighted by Gasteiger charge is -2.06. The van der Waals surface area contributed by atoms with E-state index in [0.717, 1.165) is 21.9 Å². The highest BCUT2D eigenvalue weighted by Gasteiger charge is 2.09. The van der Waals surface area contributed by atoms with Gasteiger partial charge in [-0.3, -0.25) is 4.79 Å². The van der Waals surface area contributed by atoms with Gasteiger partial charge in [0.2, 0.25) is 0 Å². The van der Waals surface area contributed by atoms with Crippen molar-refractivity contribution >= 4 is 28.9 Å². The molecule has 1 amide bonds. The van der Waals surface area contributed by atoms with Crippen LogP contribution in [0.4, 0.5) is 0 Å². The summed E-state index contributed by atoms with van der Waals surface area (Å²) in [6.07, 6.45) is 1.54. The number of benzene rings is 4. The first-order valence-corrected chi connectivity index (χ1v) is 9.80. The molecular formula is C26H20N2O3. The van der Waals surface area contributed by atoms with Gasteiger partial charge in [0.25, 0.3) is 5.91 Å². The van der Waals surface area contributed by atoms with E-state index in [-0.39, 0.29) is 5.91 Å².